The predicted molar refractivity (Wildman–Crippen MR) is 68.0 cm³/mol. The molecule has 0 radical (unpaired) electrons. The molecule has 76 valence electrons. The topological polar surface area (TPSA) is 0 Å². The lowest BCUT2D eigenvalue weighted by Gasteiger charge is -2.08. The van der Waals surface area contributed by atoms with Crippen molar-refractivity contribution in [3.63, 3.8) is 0 Å². The molecule has 0 spiro atoms. The summed E-state index contributed by atoms with van der Waals surface area (Å²) >= 11 is 0. The highest BCUT2D eigenvalue weighted by atomic mass is 14.1. The first kappa shape index (κ1) is 9.97. The van der Waals surface area contributed by atoms with Crippen LogP contribution in [-0.2, 0) is 0 Å². The summed E-state index contributed by atoms with van der Waals surface area (Å²) < 4.78 is 0. The molecule has 15 heavy (non-hydrogen) atoms. The van der Waals surface area contributed by atoms with E-state index in [-0.39, 0.29) is 0 Å². The van der Waals surface area contributed by atoms with Crippen LogP contribution in [0, 0.1) is 6.92 Å². The summed E-state index contributed by atoms with van der Waals surface area (Å²) in [5.41, 5.74) is 4.03. The van der Waals surface area contributed by atoms with Crippen LogP contribution < -0.4 is 0 Å². The summed E-state index contributed by atoms with van der Waals surface area (Å²) in [6, 6.07) is 13.0. The van der Waals surface area contributed by atoms with Gasteiger partial charge in [-0.25, -0.2) is 0 Å². The fraction of sp³-hybridized carbons (Fsp3) is 0.200. The molecule has 0 heterocycles. The van der Waals surface area contributed by atoms with Gasteiger partial charge in [-0.15, -0.1) is 0 Å². The molecule has 2 aromatic rings. The van der Waals surface area contributed by atoms with Gasteiger partial charge in [0, 0.05) is 0 Å². The largest absolute Gasteiger partial charge is 0.0841 e. The maximum Gasteiger partial charge on any atom is -0.0106 e. The minimum atomic E-state index is 1.34. The Morgan fingerprint density at radius 2 is 1.67 bits per heavy atom. The van der Waals surface area contributed by atoms with Crippen LogP contribution in [0.3, 0.4) is 0 Å². The number of benzene rings is 2. The zero-order chi connectivity index (χ0) is 10.8. The van der Waals surface area contributed by atoms with Crippen molar-refractivity contribution in [1.29, 1.82) is 0 Å². The van der Waals surface area contributed by atoms with E-state index in [0.717, 1.165) is 0 Å². The molecule has 2 aromatic carbocycles. The number of hydrogen-bond donors (Lipinski definition) is 0. The average Bonchev–Trinajstić information content (AvgIpc) is 2.29. The van der Waals surface area contributed by atoms with Crippen molar-refractivity contribution >= 4 is 16.3 Å². The monoisotopic (exact) mass is 196 g/mol. The van der Waals surface area contributed by atoms with E-state index in [9.17, 15) is 0 Å². The van der Waals surface area contributed by atoms with Gasteiger partial charge in [0.15, 0.2) is 0 Å². The highest BCUT2D eigenvalue weighted by Crippen LogP contribution is 2.27. The number of rotatable bonds is 1. The maximum atomic E-state index is 2.22. The molecular weight excluding hydrogens is 180 g/mol. The predicted octanol–water partition coefficient (Wildman–Crippen LogP) is 4.57. The SMILES string of the molecule is CC=C(C)c1ccc(C)c2ccccc12. The summed E-state index contributed by atoms with van der Waals surface area (Å²) in [7, 11) is 0. The van der Waals surface area contributed by atoms with Gasteiger partial charge in [-0.2, -0.15) is 0 Å². The van der Waals surface area contributed by atoms with Crippen LogP contribution in [0.1, 0.15) is 25.0 Å². The van der Waals surface area contributed by atoms with Gasteiger partial charge in [-0.3, -0.25) is 0 Å². The minimum Gasteiger partial charge on any atom is -0.0841 e. The minimum absolute atomic E-state index is 1.34. The Morgan fingerprint density at radius 1 is 1.00 bits per heavy atom. The summed E-state index contributed by atoms with van der Waals surface area (Å²) in [4.78, 5) is 0. The quantitative estimate of drug-likeness (QED) is 0.626. The molecule has 0 aliphatic carbocycles. The second-order valence-electron chi connectivity index (χ2n) is 3.95. The first-order chi connectivity index (χ1) is 7.24. The van der Waals surface area contributed by atoms with Crippen LogP contribution in [0.4, 0.5) is 0 Å². The number of aryl methyl sites for hydroxylation is 1. The van der Waals surface area contributed by atoms with E-state index in [1.54, 1.807) is 0 Å². The van der Waals surface area contributed by atoms with Crippen molar-refractivity contribution in [3.8, 4) is 0 Å². The Labute approximate surface area is 91.2 Å². The van der Waals surface area contributed by atoms with Crippen molar-refractivity contribution < 1.29 is 0 Å². The molecule has 0 amide bonds. The number of fused-ring (bicyclic) bond motifs is 1. The fourth-order valence-electron chi connectivity index (χ4n) is 1.95. The summed E-state index contributed by atoms with van der Waals surface area (Å²) in [6.45, 7) is 6.41. The average molecular weight is 196 g/mol. The van der Waals surface area contributed by atoms with E-state index >= 15 is 0 Å². The summed E-state index contributed by atoms with van der Waals surface area (Å²) in [6.07, 6.45) is 2.16. The van der Waals surface area contributed by atoms with Crippen LogP contribution >= 0.6 is 0 Å². The van der Waals surface area contributed by atoms with E-state index in [1.165, 1.54) is 27.5 Å². The van der Waals surface area contributed by atoms with E-state index < -0.39 is 0 Å². The molecule has 2 rings (SSSR count). The van der Waals surface area contributed by atoms with E-state index in [4.69, 9.17) is 0 Å². The molecule has 0 aliphatic rings. The fourth-order valence-corrected chi connectivity index (χ4v) is 1.95. The van der Waals surface area contributed by atoms with Crippen LogP contribution in [0.25, 0.3) is 16.3 Å². The standard InChI is InChI=1S/C15H16/c1-4-11(2)14-10-9-12(3)13-7-5-6-8-15(13)14/h4-10H,1-3H3. The van der Waals surface area contributed by atoms with Gasteiger partial charge in [-0.05, 0) is 48.2 Å². The zero-order valence-corrected chi connectivity index (χ0v) is 9.54. The Balaban J connectivity index is 2.83. The number of allylic oxidation sites excluding steroid dienone is 2. The molecule has 0 atom stereocenters. The van der Waals surface area contributed by atoms with Crippen LogP contribution in [0.5, 0.6) is 0 Å². The molecule has 0 saturated heterocycles. The second-order valence-corrected chi connectivity index (χ2v) is 3.95. The van der Waals surface area contributed by atoms with Gasteiger partial charge in [0.2, 0.25) is 0 Å². The van der Waals surface area contributed by atoms with Crippen LogP contribution in [0.15, 0.2) is 42.5 Å². The molecule has 0 bridgehead atoms. The molecule has 0 N–H and O–H groups in total. The molecule has 0 heteroatoms. The van der Waals surface area contributed by atoms with Gasteiger partial charge in [0.05, 0.1) is 0 Å². The highest BCUT2D eigenvalue weighted by molar-refractivity contribution is 5.95. The molecule has 0 aromatic heterocycles. The molecule has 0 unspecified atom stereocenters. The zero-order valence-electron chi connectivity index (χ0n) is 9.54. The molecule has 0 fully saturated rings. The smallest absolute Gasteiger partial charge is 0.0106 e. The highest BCUT2D eigenvalue weighted by Gasteiger charge is 2.03. The number of hydrogen-bond acceptors (Lipinski definition) is 0. The Hall–Kier alpha value is -1.56. The Morgan fingerprint density at radius 3 is 2.33 bits per heavy atom. The van der Waals surface area contributed by atoms with Gasteiger partial charge in [0.1, 0.15) is 0 Å². The van der Waals surface area contributed by atoms with Crippen molar-refractivity contribution in [2.24, 2.45) is 0 Å². The van der Waals surface area contributed by atoms with Crippen LogP contribution in [0.2, 0.25) is 0 Å². The third-order valence-corrected chi connectivity index (χ3v) is 3.00. The van der Waals surface area contributed by atoms with Crippen LogP contribution in [-0.4, -0.2) is 0 Å². The molecule has 0 aliphatic heterocycles. The van der Waals surface area contributed by atoms with E-state index in [1.807, 2.05) is 0 Å². The first-order valence-corrected chi connectivity index (χ1v) is 5.35. The van der Waals surface area contributed by atoms with Gasteiger partial charge >= 0.3 is 0 Å². The normalized spacial score (nSPS) is 12.1. The van der Waals surface area contributed by atoms with Gasteiger partial charge < -0.3 is 0 Å². The third kappa shape index (κ3) is 1.68. The van der Waals surface area contributed by atoms with Crippen molar-refractivity contribution in [1.82, 2.24) is 0 Å². The lowest BCUT2D eigenvalue weighted by Crippen LogP contribution is -1.85. The van der Waals surface area contributed by atoms with Gasteiger partial charge in [0.25, 0.3) is 0 Å². The maximum absolute atomic E-state index is 2.22. The third-order valence-electron chi connectivity index (χ3n) is 3.00. The van der Waals surface area contributed by atoms with Crippen molar-refractivity contribution in [2.45, 2.75) is 20.8 Å². The lowest BCUT2D eigenvalue weighted by atomic mass is 9.96. The summed E-state index contributed by atoms with van der Waals surface area (Å²) in [5, 5.41) is 2.71. The second kappa shape index (κ2) is 3.90. The van der Waals surface area contributed by atoms with Crippen molar-refractivity contribution in [2.75, 3.05) is 0 Å². The lowest BCUT2D eigenvalue weighted by molar-refractivity contribution is 1.50. The van der Waals surface area contributed by atoms with E-state index in [0.29, 0.717) is 0 Å². The molecule has 0 saturated carbocycles. The Bertz CT molecular complexity index is 519. The van der Waals surface area contributed by atoms with E-state index in [2.05, 4.69) is 63.2 Å². The summed E-state index contributed by atoms with van der Waals surface area (Å²) in [5.74, 6) is 0. The first-order valence-electron chi connectivity index (χ1n) is 5.35. The van der Waals surface area contributed by atoms with Crippen molar-refractivity contribution in [3.05, 3.63) is 53.6 Å². The molecular formula is C15H16. The molecule has 0 nitrogen and oxygen atoms in total. The Kier molecular flexibility index (Phi) is 2.59. The van der Waals surface area contributed by atoms with Gasteiger partial charge in [-0.1, -0.05) is 42.5 Å².